The Balaban J connectivity index is 1.39. The molecule has 0 saturated carbocycles. The molecule has 7 heteroatoms. The smallest absolute Gasteiger partial charge is 0.327 e. The Kier molecular flexibility index (Phi) is 7.58. The van der Waals surface area contributed by atoms with Crippen LogP contribution in [0.2, 0.25) is 0 Å². The average Bonchev–Trinajstić information content (AvgIpc) is 3.01. The number of hydrogen-bond acceptors (Lipinski definition) is 5. The van der Waals surface area contributed by atoms with Crippen molar-refractivity contribution >= 4 is 11.9 Å². The number of urea groups is 1. The zero-order valence-electron chi connectivity index (χ0n) is 19.2. The molecule has 3 aliphatic rings. The predicted octanol–water partition coefficient (Wildman–Crippen LogP) is 3.12. The third kappa shape index (κ3) is 4.89. The number of pyridine rings is 1. The normalized spacial score (nSPS) is 23.5. The number of aryl methyl sites for hydroxylation is 1. The molecule has 32 heavy (non-hydrogen) atoms. The topological polar surface area (TPSA) is 66.0 Å². The third-order valence-electron chi connectivity index (χ3n) is 7.29. The number of aromatic nitrogens is 1. The van der Waals surface area contributed by atoms with Gasteiger partial charge in [0.2, 0.25) is 0 Å². The predicted molar refractivity (Wildman–Crippen MR) is 123 cm³/mol. The molecular formula is C25H36N4O3. The van der Waals surface area contributed by atoms with Gasteiger partial charge >= 0.3 is 6.03 Å². The summed E-state index contributed by atoms with van der Waals surface area (Å²) in [4.78, 5) is 36.8. The highest BCUT2D eigenvalue weighted by Gasteiger charge is 2.57. The lowest BCUT2D eigenvalue weighted by molar-refractivity contribution is -0.136. The summed E-state index contributed by atoms with van der Waals surface area (Å²) in [6.07, 6.45) is 14.7. The standard InChI is InChI=1S/C25H36N4O3/c1-32-18-17-29-24(31)28(14-6-10-21-9-5-13-26-19-21)23(30)25(29)11-15-27(16-12-25)20-22-7-3-2-4-8-22/h2-3,5,9,13,19,22H,4,6-8,10-12,14-18,20H2,1H3. The average molecular weight is 441 g/mol. The first-order valence-corrected chi connectivity index (χ1v) is 12.0. The highest BCUT2D eigenvalue weighted by Crippen LogP contribution is 2.38. The minimum Gasteiger partial charge on any atom is -0.383 e. The number of imide groups is 1. The first kappa shape index (κ1) is 22.9. The van der Waals surface area contributed by atoms with Crippen molar-refractivity contribution in [3.8, 4) is 0 Å². The van der Waals surface area contributed by atoms with Gasteiger partial charge in [-0.05, 0) is 62.5 Å². The summed E-state index contributed by atoms with van der Waals surface area (Å²) in [6, 6.07) is 3.80. The Hall–Kier alpha value is -2.25. The number of likely N-dealkylation sites (tertiary alicyclic amines) is 1. The van der Waals surface area contributed by atoms with Crippen molar-refractivity contribution in [2.24, 2.45) is 5.92 Å². The third-order valence-corrected chi connectivity index (χ3v) is 7.29. The summed E-state index contributed by atoms with van der Waals surface area (Å²) < 4.78 is 5.27. The molecule has 1 aromatic rings. The van der Waals surface area contributed by atoms with E-state index in [0.29, 0.717) is 38.5 Å². The van der Waals surface area contributed by atoms with Gasteiger partial charge in [0.1, 0.15) is 5.54 Å². The Morgan fingerprint density at radius 2 is 2.03 bits per heavy atom. The largest absolute Gasteiger partial charge is 0.383 e. The van der Waals surface area contributed by atoms with Crippen molar-refractivity contribution in [3.05, 3.63) is 42.2 Å². The Morgan fingerprint density at radius 1 is 1.19 bits per heavy atom. The van der Waals surface area contributed by atoms with Gasteiger partial charge in [0.05, 0.1) is 6.61 Å². The fourth-order valence-corrected chi connectivity index (χ4v) is 5.44. The number of piperidine rings is 1. The van der Waals surface area contributed by atoms with Gasteiger partial charge in [0.25, 0.3) is 5.91 Å². The SMILES string of the molecule is COCCN1C(=O)N(CCCc2cccnc2)C(=O)C12CCN(CC1CC=CCC1)CC2. The summed E-state index contributed by atoms with van der Waals surface area (Å²) in [5, 5.41) is 0. The van der Waals surface area contributed by atoms with Gasteiger partial charge in [0.15, 0.2) is 0 Å². The van der Waals surface area contributed by atoms with Crippen LogP contribution in [0.3, 0.4) is 0 Å². The molecule has 2 saturated heterocycles. The first-order chi connectivity index (χ1) is 15.6. The van der Waals surface area contributed by atoms with Crippen molar-refractivity contribution < 1.29 is 14.3 Å². The van der Waals surface area contributed by atoms with Crippen LogP contribution in [0.5, 0.6) is 0 Å². The molecule has 1 spiro atoms. The molecule has 0 bridgehead atoms. The molecule has 0 N–H and O–H groups in total. The Bertz CT molecular complexity index is 805. The number of carbonyl (C=O) groups excluding carboxylic acids is 2. The van der Waals surface area contributed by atoms with Gasteiger partial charge in [-0.2, -0.15) is 0 Å². The minimum atomic E-state index is -0.702. The van der Waals surface area contributed by atoms with E-state index >= 15 is 0 Å². The van der Waals surface area contributed by atoms with Crippen LogP contribution in [-0.4, -0.2) is 83.6 Å². The number of methoxy groups -OCH3 is 1. The van der Waals surface area contributed by atoms with E-state index in [1.807, 2.05) is 23.2 Å². The van der Waals surface area contributed by atoms with Crippen molar-refractivity contribution in [1.82, 2.24) is 19.7 Å². The number of amides is 3. The van der Waals surface area contributed by atoms with Gasteiger partial charge < -0.3 is 14.5 Å². The molecular weight excluding hydrogens is 404 g/mol. The van der Waals surface area contributed by atoms with E-state index in [4.69, 9.17) is 4.74 Å². The maximum Gasteiger partial charge on any atom is 0.327 e. The van der Waals surface area contributed by atoms with E-state index in [0.717, 1.165) is 44.5 Å². The second-order valence-corrected chi connectivity index (χ2v) is 9.33. The van der Waals surface area contributed by atoms with E-state index in [1.165, 1.54) is 17.7 Å². The van der Waals surface area contributed by atoms with Gasteiger partial charge in [-0.25, -0.2) is 4.79 Å². The van der Waals surface area contributed by atoms with Crippen LogP contribution in [0.4, 0.5) is 4.79 Å². The lowest BCUT2D eigenvalue weighted by Gasteiger charge is -2.43. The number of nitrogens with zero attached hydrogens (tertiary/aromatic N) is 4. The van der Waals surface area contributed by atoms with Crippen molar-refractivity contribution in [2.45, 2.75) is 50.5 Å². The fraction of sp³-hybridized carbons (Fsp3) is 0.640. The fourth-order valence-electron chi connectivity index (χ4n) is 5.44. The maximum absolute atomic E-state index is 13.6. The molecule has 1 aromatic heterocycles. The van der Waals surface area contributed by atoms with Crippen LogP contribution in [0.15, 0.2) is 36.7 Å². The minimum absolute atomic E-state index is 0.00922. The lowest BCUT2D eigenvalue weighted by Crippen LogP contribution is -2.57. The molecule has 4 rings (SSSR count). The first-order valence-electron chi connectivity index (χ1n) is 12.0. The van der Waals surface area contributed by atoms with Gasteiger partial charge in [0, 0.05) is 52.2 Å². The second-order valence-electron chi connectivity index (χ2n) is 9.33. The van der Waals surface area contributed by atoms with Crippen LogP contribution in [0.1, 0.15) is 44.1 Å². The van der Waals surface area contributed by atoms with E-state index in [9.17, 15) is 9.59 Å². The van der Waals surface area contributed by atoms with Crippen LogP contribution >= 0.6 is 0 Å². The monoisotopic (exact) mass is 440 g/mol. The van der Waals surface area contributed by atoms with Crippen molar-refractivity contribution in [3.63, 3.8) is 0 Å². The lowest BCUT2D eigenvalue weighted by atomic mass is 9.84. The molecule has 174 valence electrons. The summed E-state index contributed by atoms with van der Waals surface area (Å²) in [5.74, 6) is 0.702. The van der Waals surface area contributed by atoms with Crippen molar-refractivity contribution in [1.29, 1.82) is 0 Å². The second kappa shape index (κ2) is 10.6. The van der Waals surface area contributed by atoms with Crippen LogP contribution in [0, 0.1) is 5.92 Å². The van der Waals surface area contributed by atoms with E-state index in [-0.39, 0.29) is 11.9 Å². The van der Waals surface area contributed by atoms with Gasteiger partial charge in [-0.15, -0.1) is 0 Å². The van der Waals surface area contributed by atoms with E-state index in [2.05, 4.69) is 22.0 Å². The molecule has 0 radical (unpaired) electrons. The summed E-state index contributed by atoms with van der Waals surface area (Å²) >= 11 is 0. The molecule has 3 amide bonds. The maximum atomic E-state index is 13.6. The summed E-state index contributed by atoms with van der Waals surface area (Å²) in [6.45, 7) is 4.19. The molecule has 1 aliphatic carbocycles. The molecule has 0 aromatic carbocycles. The molecule has 3 heterocycles. The van der Waals surface area contributed by atoms with Gasteiger partial charge in [-0.3, -0.25) is 14.7 Å². The zero-order valence-corrected chi connectivity index (χ0v) is 19.2. The van der Waals surface area contributed by atoms with Crippen LogP contribution in [0.25, 0.3) is 0 Å². The van der Waals surface area contributed by atoms with Crippen molar-refractivity contribution in [2.75, 3.05) is 46.4 Å². The number of allylic oxidation sites excluding steroid dienone is 2. The number of carbonyl (C=O) groups is 2. The quantitative estimate of drug-likeness (QED) is 0.436. The summed E-state index contributed by atoms with van der Waals surface area (Å²) in [7, 11) is 1.64. The molecule has 1 unspecified atom stereocenters. The Labute approximate surface area is 191 Å². The highest BCUT2D eigenvalue weighted by atomic mass is 16.5. The zero-order chi connectivity index (χ0) is 22.4. The van der Waals surface area contributed by atoms with E-state index < -0.39 is 5.54 Å². The Morgan fingerprint density at radius 3 is 2.72 bits per heavy atom. The molecule has 2 aliphatic heterocycles. The highest BCUT2D eigenvalue weighted by molar-refractivity contribution is 6.07. The van der Waals surface area contributed by atoms with E-state index in [1.54, 1.807) is 13.3 Å². The van der Waals surface area contributed by atoms with Gasteiger partial charge in [-0.1, -0.05) is 18.2 Å². The molecule has 1 atom stereocenters. The van der Waals surface area contributed by atoms with Crippen LogP contribution in [-0.2, 0) is 16.0 Å². The number of ether oxygens (including phenoxy) is 1. The molecule has 7 nitrogen and oxygen atoms in total. The van der Waals surface area contributed by atoms with Crippen LogP contribution < -0.4 is 0 Å². The number of hydrogen-bond donors (Lipinski definition) is 0. The molecule has 2 fully saturated rings. The number of rotatable bonds is 9. The summed E-state index contributed by atoms with van der Waals surface area (Å²) in [5.41, 5.74) is 0.427.